The van der Waals surface area contributed by atoms with Gasteiger partial charge in [-0.2, -0.15) is 0 Å². The molecular weight excluding hydrogens is 414 g/mol. The van der Waals surface area contributed by atoms with Gasteiger partial charge in [0.15, 0.2) is 0 Å². The minimum atomic E-state index is -0.559. The number of hydrogen-bond donors (Lipinski definition) is 2. The number of rotatable bonds is 9. The second kappa shape index (κ2) is 11.5. The van der Waals surface area contributed by atoms with Crippen LogP contribution in [0, 0.1) is 23.7 Å². The second-order valence-corrected chi connectivity index (χ2v) is 9.79. The van der Waals surface area contributed by atoms with Crippen LogP contribution in [0.4, 0.5) is 0 Å². The molecule has 2 heterocycles. The quantitative estimate of drug-likeness (QED) is 0.340. The van der Waals surface area contributed by atoms with Crippen LogP contribution in [0.15, 0.2) is 30.4 Å². The van der Waals surface area contributed by atoms with E-state index in [9.17, 15) is 10.2 Å². The molecular formula is C28H39NO4. The Morgan fingerprint density at radius 1 is 1.24 bits per heavy atom. The average Bonchev–Trinajstić information content (AvgIpc) is 3.34. The van der Waals surface area contributed by atoms with Crippen LogP contribution in [0.3, 0.4) is 0 Å². The smallest absolute Gasteiger partial charge is 0.126 e. The summed E-state index contributed by atoms with van der Waals surface area (Å²) in [4.78, 5) is 2.49. The van der Waals surface area contributed by atoms with Gasteiger partial charge in [0.1, 0.15) is 11.9 Å². The molecule has 0 amide bonds. The molecule has 1 aliphatic carbocycles. The number of aliphatic hydroxyl groups is 2. The molecule has 6 atom stereocenters. The first-order valence-electron chi connectivity index (χ1n) is 12.6. The fourth-order valence-electron chi connectivity index (χ4n) is 5.46. The molecule has 0 bridgehead atoms. The maximum absolute atomic E-state index is 10.7. The number of aliphatic hydroxyl groups excluding tert-OH is 2. The minimum absolute atomic E-state index is 0.0136. The molecule has 1 saturated heterocycles. The number of morpholine rings is 1. The van der Waals surface area contributed by atoms with Crippen molar-refractivity contribution in [3.8, 4) is 17.6 Å². The van der Waals surface area contributed by atoms with E-state index in [0.717, 1.165) is 51.4 Å². The molecule has 180 valence electrons. The summed E-state index contributed by atoms with van der Waals surface area (Å²) in [7, 11) is 0. The lowest BCUT2D eigenvalue weighted by Gasteiger charge is -2.26. The molecule has 33 heavy (non-hydrogen) atoms. The lowest BCUT2D eigenvalue weighted by Crippen LogP contribution is -2.36. The zero-order valence-electron chi connectivity index (χ0n) is 20.1. The molecule has 2 aliphatic heterocycles. The number of fused-ring (bicyclic) bond motifs is 3. The topological polar surface area (TPSA) is 62.2 Å². The molecule has 1 aromatic rings. The first-order chi connectivity index (χ1) is 16.1. The first-order valence-corrected chi connectivity index (χ1v) is 12.6. The molecule has 0 spiro atoms. The summed E-state index contributed by atoms with van der Waals surface area (Å²) in [6.07, 6.45) is 7.53. The Labute approximate surface area is 198 Å². The van der Waals surface area contributed by atoms with Crippen LogP contribution in [0.5, 0.6) is 5.75 Å². The van der Waals surface area contributed by atoms with Crippen molar-refractivity contribution >= 4 is 0 Å². The summed E-state index contributed by atoms with van der Waals surface area (Å²) in [6, 6.07) is 6.48. The van der Waals surface area contributed by atoms with Crippen molar-refractivity contribution in [3.63, 3.8) is 0 Å². The Balaban J connectivity index is 1.38. The lowest BCUT2D eigenvalue weighted by atomic mass is 9.86. The van der Waals surface area contributed by atoms with Crippen LogP contribution in [-0.4, -0.2) is 66.3 Å². The van der Waals surface area contributed by atoms with Crippen LogP contribution in [0.25, 0.3) is 0 Å². The molecule has 5 nitrogen and oxygen atoms in total. The van der Waals surface area contributed by atoms with Gasteiger partial charge in [-0.15, -0.1) is 11.8 Å². The number of benzene rings is 1. The third-order valence-electron chi connectivity index (χ3n) is 7.48. The van der Waals surface area contributed by atoms with Crippen molar-refractivity contribution < 1.29 is 19.7 Å². The molecule has 4 rings (SSSR count). The Hall–Kier alpha value is -1.84. The molecule has 5 heteroatoms. The fraction of sp³-hybridized carbons (Fsp3) is 0.643. The summed E-state index contributed by atoms with van der Waals surface area (Å²) in [6.45, 7) is 8.76. The largest absolute Gasteiger partial charge is 0.489 e. The van der Waals surface area contributed by atoms with Gasteiger partial charge in [0, 0.05) is 43.3 Å². The van der Waals surface area contributed by atoms with Crippen LogP contribution in [-0.2, 0) is 11.2 Å². The number of para-hydroxylation sites is 1. The highest BCUT2D eigenvalue weighted by Crippen LogP contribution is 2.52. The van der Waals surface area contributed by atoms with Gasteiger partial charge in [-0.25, -0.2) is 0 Å². The van der Waals surface area contributed by atoms with Crippen molar-refractivity contribution in [2.45, 2.75) is 70.2 Å². The Bertz CT molecular complexity index is 866. The SMILES string of the molecule is CC#CC[C@H](C)[C@H](O)C=C[C@@H]1[C@H]2c3cccc(CCCCN4CCOCC4)c3O[C@H]2C[C@H]1O. The van der Waals surface area contributed by atoms with Gasteiger partial charge in [0.25, 0.3) is 0 Å². The van der Waals surface area contributed by atoms with Gasteiger partial charge in [-0.3, -0.25) is 4.90 Å². The molecule has 1 aromatic carbocycles. The van der Waals surface area contributed by atoms with Crippen LogP contribution < -0.4 is 4.74 Å². The van der Waals surface area contributed by atoms with Crippen molar-refractivity contribution in [1.29, 1.82) is 0 Å². The van der Waals surface area contributed by atoms with E-state index in [2.05, 4.69) is 34.9 Å². The second-order valence-electron chi connectivity index (χ2n) is 9.79. The maximum atomic E-state index is 10.7. The van der Waals surface area contributed by atoms with Gasteiger partial charge >= 0.3 is 0 Å². The van der Waals surface area contributed by atoms with E-state index < -0.39 is 12.2 Å². The fourth-order valence-corrected chi connectivity index (χ4v) is 5.46. The zero-order valence-corrected chi connectivity index (χ0v) is 20.1. The molecule has 2 fully saturated rings. The van der Waals surface area contributed by atoms with E-state index in [4.69, 9.17) is 9.47 Å². The highest BCUT2D eigenvalue weighted by Gasteiger charge is 2.48. The lowest BCUT2D eigenvalue weighted by molar-refractivity contribution is 0.0372. The van der Waals surface area contributed by atoms with E-state index in [1.165, 1.54) is 17.5 Å². The summed E-state index contributed by atoms with van der Waals surface area (Å²) >= 11 is 0. The highest BCUT2D eigenvalue weighted by molar-refractivity contribution is 5.49. The zero-order chi connectivity index (χ0) is 23.2. The van der Waals surface area contributed by atoms with Gasteiger partial charge in [0.2, 0.25) is 0 Å². The molecule has 0 radical (unpaired) electrons. The number of hydrogen-bond acceptors (Lipinski definition) is 5. The summed E-state index contributed by atoms with van der Waals surface area (Å²) < 4.78 is 11.9. The number of aryl methyl sites for hydroxylation is 1. The normalized spacial score (nSPS) is 28.6. The van der Waals surface area contributed by atoms with Gasteiger partial charge < -0.3 is 19.7 Å². The Morgan fingerprint density at radius 2 is 2.06 bits per heavy atom. The minimum Gasteiger partial charge on any atom is -0.489 e. The molecule has 0 unspecified atom stereocenters. The van der Waals surface area contributed by atoms with Crippen molar-refractivity contribution in [2.75, 3.05) is 32.8 Å². The van der Waals surface area contributed by atoms with Crippen molar-refractivity contribution in [3.05, 3.63) is 41.5 Å². The summed E-state index contributed by atoms with van der Waals surface area (Å²) in [5.41, 5.74) is 2.50. The molecule has 2 N–H and O–H groups in total. The van der Waals surface area contributed by atoms with Gasteiger partial charge in [-0.1, -0.05) is 37.3 Å². The van der Waals surface area contributed by atoms with Gasteiger partial charge in [-0.05, 0) is 44.2 Å². The number of ether oxygens (including phenoxy) is 2. The molecule has 1 saturated carbocycles. The highest BCUT2D eigenvalue weighted by atomic mass is 16.5. The predicted octanol–water partition coefficient (Wildman–Crippen LogP) is 3.53. The third-order valence-corrected chi connectivity index (χ3v) is 7.48. The average molecular weight is 454 g/mol. The summed E-state index contributed by atoms with van der Waals surface area (Å²) in [5.74, 6) is 7.15. The van der Waals surface area contributed by atoms with Crippen LogP contribution >= 0.6 is 0 Å². The van der Waals surface area contributed by atoms with E-state index in [1.54, 1.807) is 0 Å². The molecule has 3 aliphatic rings. The van der Waals surface area contributed by atoms with Crippen LogP contribution in [0.1, 0.15) is 56.6 Å². The Kier molecular flexibility index (Phi) is 8.49. The van der Waals surface area contributed by atoms with E-state index in [0.29, 0.717) is 12.8 Å². The monoisotopic (exact) mass is 453 g/mol. The summed E-state index contributed by atoms with van der Waals surface area (Å²) in [5, 5.41) is 21.2. The predicted molar refractivity (Wildman–Crippen MR) is 130 cm³/mol. The van der Waals surface area contributed by atoms with E-state index >= 15 is 0 Å². The van der Waals surface area contributed by atoms with E-state index in [-0.39, 0.29) is 23.9 Å². The maximum Gasteiger partial charge on any atom is 0.126 e. The number of nitrogens with zero attached hydrogens (tertiary/aromatic N) is 1. The van der Waals surface area contributed by atoms with Gasteiger partial charge in [0.05, 0.1) is 25.4 Å². The Morgan fingerprint density at radius 3 is 2.85 bits per heavy atom. The third kappa shape index (κ3) is 5.81. The molecule has 0 aromatic heterocycles. The van der Waals surface area contributed by atoms with E-state index in [1.807, 2.05) is 26.0 Å². The van der Waals surface area contributed by atoms with Crippen molar-refractivity contribution in [1.82, 2.24) is 4.90 Å². The van der Waals surface area contributed by atoms with Crippen molar-refractivity contribution in [2.24, 2.45) is 11.8 Å². The first kappa shape index (κ1) is 24.3. The van der Waals surface area contributed by atoms with Crippen LogP contribution in [0.2, 0.25) is 0 Å². The standard InChI is InChI=1S/C28H39NO4/c1-3-4-8-20(2)24(30)13-12-22-25(31)19-26-27(22)23-11-7-10-21(28(23)33-26)9-5-6-14-29-15-17-32-18-16-29/h7,10-13,20,22,24-27,30-31H,5-6,8-9,14-19H2,1-2H3/t20-,22-,24+,25+,26-,27-/m0/s1. The number of unbranched alkanes of at least 4 members (excludes halogenated alkanes) is 1.